The van der Waals surface area contributed by atoms with Gasteiger partial charge >= 0.3 is 5.97 Å². The Labute approximate surface area is 116 Å². The summed E-state index contributed by atoms with van der Waals surface area (Å²) in [6.07, 6.45) is 1.60. The predicted octanol–water partition coefficient (Wildman–Crippen LogP) is 3.32. The molecule has 106 valence electrons. The molecule has 1 aromatic carbocycles. The van der Waals surface area contributed by atoms with Crippen LogP contribution in [0.25, 0.3) is 0 Å². The lowest BCUT2D eigenvalue weighted by molar-refractivity contribution is -0.149. The number of aliphatic carboxylic acids is 1. The van der Waals surface area contributed by atoms with E-state index in [9.17, 15) is 9.90 Å². The highest BCUT2D eigenvalue weighted by molar-refractivity contribution is 5.74. The summed E-state index contributed by atoms with van der Waals surface area (Å²) >= 11 is 0. The Morgan fingerprint density at radius 3 is 2.37 bits per heavy atom. The molecular weight excluding hydrogens is 238 g/mol. The lowest BCUT2D eigenvalue weighted by atomic mass is 9.85. The molecule has 0 aliphatic carbocycles. The van der Waals surface area contributed by atoms with Gasteiger partial charge in [-0.3, -0.25) is 4.79 Å². The smallest absolute Gasteiger partial charge is 0.310 e. The lowest BCUT2D eigenvalue weighted by Gasteiger charge is -2.30. The van der Waals surface area contributed by atoms with Crippen LogP contribution in [0.2, 0.25) is 0 Å². The van der Waals surface area contributed by atoms with Gasteiger partial charge in [-0.05, 0) is 32.9 Å². The van der Waals surface area contributed by atoms with E-state index >= 15 is 0 Å². The number of carboxylic acid groups (broad SMARTS) is 1. The van der Waals surface area contributed by atoms with E-state index in [1.807, 2.05) is 20.9 Å². The Morgan fingerprint density at radius 1 is 1.32 bits per heavy atom. The van der Waals surface area contributed by atoms with Gasteiger partial charge in [-0.15, -0.1) is 0 Å². The van der Waals surface area contributed by atoms with Crippen LogP contribution in [0.1, 0.15) is 37.8 Å². The highest BCUT2D eigenvalue weighted by atomic mass is 16.4. The average molecular weight is 263 g/mol. The van der Waals surface area contributed by atoms with Crippen LogP contribution in [-0.2, 0) is 11.3 Å². The SMILES string of the molecule is CCCC(C)(CN(C)Cc1ccc(C)cc1)C(=O)O. The molecule has 0 amide bonds. The van der Waals surface area contributed by atoms with Gasteiger partial charge in [0.2, 0.25) is 0 Å². The van der Waals surface area contributed by atoms with Gasteiger partial charge in [0.05, 0.1) is 5.41 Å². The summed E-state index contributed by atoms with van der Waals surface area (Å²) in [5.74, 6) is -0.704. The molecule has 0 bridgehead atoms. The van der Waals surface area contributed by atoms with Gasteiger partial charge < -0.3 is 10.0 Å². The van der Waals surface area contributed by atoms with Gasteiger partial charge in [-0.1, -0.05) is 43.2 Å². The lowest BCUT2D eigenvalue weighted by Crippen LogP contribution is -2.39. The molecule has 0 aromatic heterocycles. The minimum Gasteiger partial charge on any atom is -0.481 e. The second-order valence-electron chi connectivity index (χ2n) is 5.77. The van der Waals surface area contributed by atoms with Crippen molar-refractivity contribution in [3.05, 3.63) is 35.4 Å². The van der Waals surface area contributed by atoms with Crippen molar-refractivity contribution in [1.82, 2.24) is 4.90 Å². The monoisotopic (exact) mass is 263 g/mol. The van der Waals surface area contributed by atoms with Crippen LogP contribution < -0.4 is 0 Å². The summed E-state index contributed by atoms with van der Waals surface area (Å²) in [6, 6.07) is 8.38. The number of aryl methyl sites for hydroxylation is 1. The van der Waals surface area contributed by atoms with Crippen molar-refractivity contribution in [3.63, 3.8) is 0 Å². The van der Waals surface area contributed by atoms with Crippen LogP contribution in [-0.4, -0.2) is 29.6 Å². The van der Waals surface area contributed by atoms with Gasteiger partial charge in [0, 0.05) is 13.1 Å². The molecular formula is C16H25NO2. The first-order chi connectivity index (χ1) is 8.87. The van der Waals surface area contributed by atoms with Crippen LogP contribution in [0.5, 0.6) is 0 Å². The number of hydrogen-bond acceptors (Lipinski definition) is 2. The largest absolute Gasteiger partial charge is 0.481 e. The van der Waals surface area contributed by atoms with Crippen molar-refractivity contribution < 1.29 is 9.90 Å². The van der Waals surface area contributed by atoms with Gasteiger partial charge in [0.15, 0.2) is 0 Å². The van der Waals surface area contributed by atoms with E-state index in [4.69, 9.17) is 0 Å². The molecule has 0 spiro atoms. The maximum atomic E-state index is 11.4. The minimum absolute atomic E-state index is 0.573. The summed E-state index contributed by atoms with van der Waals surface area (Å²) in [6.45, 7) is 7.29. The Hall–Kier alpha value is -1.35. The molecule has 0 heterocycles. The minimum atomic E-state index is -0.704. The zero-order valence-electron chi connectivity index (χ0n) is 12.4. The van der Waals surface area contributed by atoms with Crippen molar-refractivity contribution >= 4 is 5.97 Å². The molecule has 0 saturated carbocycles. The molecule has 1 atom stereocenters. The number of nitrogens with zero attached hydrogens (tertiary/aromatic N) is 1. The first kappa shape index (κ1) is 15.7. The maximum absolute atomic E-state index is 11.4. The third kappa shape index (κ3) is 4.67. The summed E-state index contributed by atoms with van der Waals surface area (Å²) in [7, 11) is 1.98. The standard InChI is InChI=1S/C16H25NO2/c1-5-10-16(3,15(18)19)12-17(4)11-14-8-6-13(2)7-9-14/h6-9H,5,10-12H2,1-4H3,(H,18,19). The molecule has 0 aliphatic heterocycles. The first-order valence-corrected chi connectivity index (χ1v) is 6.85. The molecule has 1 aromatic rings. The van der Waals surface area contributed by atoms with Gasteiger partial charge in [0.25, 0.3) is 0 Å². The maximum Gasteiger partial charge on any atom is 0.310 e. The molecule has 0 fully saturated rings. The number of rotatable bonds is 7. The highest BCUT2D eigenvalue weighted by Crippen LogP contribution is 2.25. The fraction of sp³-hybridized carbons (Fsp3) is 0.562. The van der Waals surface area contributed by atoms with E-state index < -0.39 is 11.4 Å². The van der Waals surface area contributed by atoms with Gasteiger partial charge in [-0.2, -0.15) is 0 Å². The van der Waals surface area contributed by atoms with Crippen LogP contribution in [0.3, 0.4) is 0 Å². The number of carboxylic acids is 1. The molecule has 3 heteroatoms. The Bertz CT molecular complexity index is 413. The summed E-state index contributed by atoms with van der Waals surface area (Å²) in [5.41, 5.74) is 1.80. The van der Waals surface area contributed by atoms with Crippen molar-refractivity contribution in [2.75, 3.05) is 13.6 Å². The quantitative estimate of drug-likeness (QED) is 0.820. The Morgan fingerprint density at radius 2 is 1.89 bits per heavy atom. The van der Waals surface area contributed by atoms with E-state index in [0.717, 1.165) is 13.0 Å². The first-order valence-electron chi connectivity index (χ1n) is 6.85. The molecule has 0 radical (unpaired) electrons. The number of carbonyl (C=O) groups is 1. The van der Waals surface area contributed by atoms with Crippen LogP contribution in [0, 0.1) is 12.3 Å². The molecule has 3 nitrogen and oxygen atoms in total. The van der Waals surface area contributed by atoms with Crippen molar-refractivity contribution in [2.45, 2.75) is 40.2 Å². The zero-order valence-corrected chi connectivity index (χ0v) is 12.4. The third-order valence-electron chi connectivity index (χ3n) is 3.51. The van der Waals surface area contributed by atoms with E-state index in [0.29, 0.717) is 13.0 Å². The average Bonchev–Trinajstić information content (AvgIpc) is 2.32. The number of hydrogen-bond donors (Lipinski definition) is 1. The zero-order chi connectivity index (χ0) is 14.5. The fourth-order valence-electron chi connectivity index (χ4n) is 2.46. The van der Waals surface area contributed by atoms with Crippen LogP contribution in [0.15, 0.2) is 24.3 Å². The molecule has 1 rings (SSSR count). The Balaban J connectivity index is 2.65. The van der Waals surface area contributed by atoms with Crippen molar-refractivity contribution in [2.24, 2.45) is 5.41 Å². The van der Waals surface area contributed by atoms with Crippen LogP contribution >= 0.6 is 0 Å². The van der Waals surface area contributed by atoms with Gasteiger partial charge in [0.1, 0.15) is 0 Å². The van der Waals surface area contributed by atoms with E-state index in [1.165, 1.54) is 11.1 Å². The van der Waals surface area contributed by atoms with E-state index in [1.54, 1.807) is 0 Å². The summed E-state index contributed by atoms with van der Waals surface area (Å²) < 4.78 is 0. The topological polar surface area (TPSA) is 40.5 Å². The van der Waals surface area contributed by atoms with E-state index in [2.05, 4.69) is 36.1 Å². The molecule has 1 unspecified atom stereocenters. The molecule has 0 saturated heterocycles. The van der Waals surface area contributed by atoms with Crippen LogP contribution in [0.4, 0.5) is 0 Å². The highest BCUT2D eigenvalue weighted by Gasteiger charge is 2.33. The predicted molar refractivity (Wildman–Crippen MR) is 78.2 cm³/mol. The van der Waals surface area contributed by atoms with E-state index in [-0.39, 0.29) is 0 Å². The molecule has 1 N–H and O–H groups in total. The molecule has 19 heavy (non-hydrogen) atoms. The Kier molecular flexibility index (Phi) is 5.55. The third-order valence-corrected chi connectivity index (χ3v) is 3.51. The fourth-order valence-corrected chi connectivity index (χ4v) is 2.46. The second-order valence-corrected chi connectivity index (χ2v) is 5.77. The summed E-state index contributed by atoms with van der Waals surface area (Å²) in [5, 5.41) is 9.39. The van der Waals surface area contributed by atoms with Crippen molar-refractivity contribution in [3.8, 4) is 0 Å². The van der Waals surface area contributed by atoms with Gasteiger partial charge in [-0.25, -0.2) is 0 Å². The normalized spacial score (nSPS) is 14.4. The number of benzene rings is 1. The van der Waals surface area contributed by atoms with Crippen molar-refractivity contribution in [1.29, 1.82) is 0 Å². The second kappa shape index (κ2) is 6.71. The molecule has 0 aliphatic rings. The summed E-state index contributed by atoms with van der Waals surface area (Å²) in [4.78, 5) is 13.5.